The van der Waals surface area contributed by atoms with Crippen molar-refractivity contribution in [2.75, 3.05) is 7.05 Å². The highest BCUT2D eigenvalue weighted by molar-refractivity contribution is 5.80. The zero-order valence-corrected chi connectivity index (χ0v) is 19.1. The van der Waals surface area contributed by atoms with Crippen molar-refractivity contribution in [1.82, 2.24) is 10.6 Å². The van der Waals surface area contributed by atoms with Gasteiger partial charge < -0.3 is 30.0 Å². The maximum atomic E-state index is 12.2. The third kappa shape index (κ3) is 8.08. The molecule has 9 nitrogen and oxygen atoms in total. The summed E-state index contributed by atoms with van der Waals surface area (Å²) in [6.07, 6.45) is -1.63. The molecule has 2 amide bonds. The molecule has 3 rings (SSSR count). The summed E-state index contributed by atoms with van der Waals surface area (Å²) in [6.45, 7) is 0.257. The molecule has 0 unspecified atom stereocenters. The van der Waals surface area contributed by atoms with Crippen LogP contribution in [0.4, 0.5) is 9.59 Å². The summed E-state index contributed by atoms with van der Waals surface area (Å²) in [7, 11) is 1.42. The van der Waals surface area contributed by atoms with Gasteiger partial charge >= 0.3 is 18.2 Å². The Kier molecular flexibility index (Phi) is 9.07. The van der Waals surface area contributed by atoms with Crippen LogP contribution in [0, 0.1) is 0 Å². The Morgan fingerprint density at radius 2 is 1.43 bits per heavy atom. The third-order valence-corrected chi connectivity index (χ3v) is 4.89. The molecule has 0 aliphatic rings. The lowest BCUT2D eigenvalue weighted by Gasteiger charge is -2.17. The lowest BCUT2D eigenvalue weighted by molar-refractivity contribution is -0.139. The summed E-state index contributed by atoms with van der Waals surface area (Å²) < 4.78 is 16.2. The second kappa shape index (κ2) is 12.6. The number of hydrogen-bond donors (Lipinski definition) is 3. The first-order valence-electron chi connectivity index (χ1n) is 10.8. The van der Waals surface area contributed by atoms with E-state index in [2.05, 4.69) is 10.6 Å². The Bertz CT molecular complexity index is 1140. The Morgan fingerprint density at radius 1 is 0.800 bits per heavy atom. The average molecular weight is 479 g/mol. The fourth-order valence-corrected chi connectivity index (χ4v) is 3.11. The molecule has 0 aliphatic heterocycles. The molecule has 3 aromatic carbocycles. The van der Waals surface area contributed by atoms with Gasteiger partial charge in [-0.05, 0) is 28.8 Å². The molecule has 0 radical (unpaired) electrons. The molecule has 0 spiro atoms. The number of rotatable bonds is 10. The smallest absolute Gasteiger partial charge is 0.412 e. The van der Waals surface area contributed by atoms with Crippen molar-refractivity contribution in [3.05, 3.63) is 95.6 Å². The third-order valence-electron chi connectivity index (χ3n) is 4.89. The fraction of sp³-hybridized carbons (Fsp3) is 0.192. The SMILES string of the molecule is CNC(=O)Oc1cc(C[C@H](NC(=O)OCc2ccccc2)C(=O)O)ccc1OCc1ccccc1. The minimum Gasteiger partial charge on any atom is -0.485 e. The number of benzene rings is 3. The van der Waals surface area contributed by atoms with Gasteiger partial charge in [0, 0.05) is 13.5 Å². The predicted molar refractivity (Wildman–Crippen MR) is 127 cm³/mol. The normalized spacial score (nSPS) is 11.1. The maximum absolute atomic E-state index is 12.2. The Labute approximate surface area is 202 Å². The summed E-state index contributed by atoms with van der Waals surface area (Å²) >= 11 is 0. The van der Waals surface area contributed by atoms with Crippen LogP contribution in [0.15, 0.2) is 78.9 Å². The molecule has 0 saturated heterocycles. The van der Waals surface area contributed by atoms with Crippen LogP contribution in [-0.2, 0) is 29.2 Å². The van der Waals surface area contributed by atoms with Gasteiger partial charge in [-0.3, -0.25) is 0 Å². The first-order chi connectivity index (χ1) is 16.9. The molecule has 0 heterocycles. The van der Waals surface area contributed by atoms with E-state index in [1.807, 2.05) is 48.5 Å². The zero-order chi connectivity index (χ0) is 25.0. The van der Waals surface area contributed by atoms with E-state index in [4.69, 9.17) is 14.2 Å². The van der Waals surface area contributed by atoms with Gasteiger partial charge in [-0.15, -0.1) is 0 Å². The number of carboxylic acid groups (broad SMARTS) is 1. The van der Waals surface area contributed by atoms with Gasteiger partial charge in [-0.2, -0.15) is 0 Å². The highest BCUT2D eigenvalue weighted by Crippen LogP contribution is 2.30. The van der Waals surface area contributed by atoms with E-state index in [0.717, 1.165) is 11.1 Å². The van der Waals surface area contributed by atoms with Crippen LogP contribution in [0.1, 0.15) is 16.7 Å². The van der Waals surface area contributed by atoms with E-state index in [1.54, 1.807) is 24.3 Å². The van der Waals surface area contributed by atoms with Crippen molar-refractivity contribution in [3.8, 4) is 11.5 Å². The summed E-state index contributed by atoms with van der Waals surface area (Å²) in [6, 6.07) is 22.0. The molecular weight excluding hydrogens is 452 g/mol. The molecule has 0 aromatic heterocycles. The molecule has 0 saturated carbocycles. The molecular formula is C26H26N2O7. The molecule has 9 heteroatoms. The highest BCUT2D eigenvalue weighted by atomic mass is 16.6. The summed E-state index contributed by atoms with van der Waals surface area (Å²) in [4.78, 5) is 35.7. The largest absolute Gasteiger partial charge is 0.485 e. The summed E-state index contributed by atoms with van der Waals surface area (Å²) in [5.74, 6) is -0.809. The van der Waals surface area contributed by atoms with Crippen LogP contribution < -0.4 is 20.1 Å². The number of carbonyl (C=O) groups is 3. The van der Waals surface area contributed by atoms with Crippen LogP contribution in [0.5, 0.6) is 11.5 Å². The number of nitrogens with one attached hydrogen (secondary N) is 2. The van der Waals surface area contributed by atoms with Gasteiger partial charge in [0.15, 0.2) is 11.5 Å². The highest BCUT2D eigenvalue weighted by Gasteiger charge is 2.22. The van der Waals surface area contributed by atoms with E-state index in [0.29, 0.717) is 11.3 Å². The second-order valence-electron chi connectivity index (χ2n) is 7.50. The van der Waals surface area contributed by atoms with Gasteiger partial charge in [-0.25, -0.2) is 14.4 Å². The molecule has 0 bridgehead atoms. The van der Waals surface area contributed by atoms with E-state index in [1.165, 1.54) is 13.1 Å². The predicted octanol–water partition coefficient (Wildman–Crippen LogP) is 3.91. The lowest BCUT2D eigenvalue weighted by Crippen LogP contribution is -2.42. The monoisotopic (exact) mass is 478 g/mol. The topological polar surface area (TPSA) is 123 Å². The van der Waals surface area contributed by atoms with E-state index >= 15 is 0 Å². The number of carbonyl (C=O) groups excluding carboxylic acids is 2. The van der Waals surface area contributed by atoms with Gasteiger partial charge in [-0.1, -0.05) is 66.7 Å². The first-order valence-corrected chi connectivity index (χ1v) is 10.8. The molecule has 3 N–H and O–H groups in total. The molecule has 1 atom stereocenters. The number of alkyl carbamates (subject to hydrolysis) is 1. The number of ether oxygens (including phenoxy) is 3. The van der Waals surface area contributed by atoms with Gasteiger partial charge in [0.2, 0.25) is 0 Å². The summed E-state index contributed by atoms with van der Waals surface area (Å²) in [5, 5.41) is 14.3. The Hall–Kier alpha value is -4.53. The quantitative estimate of drug-likeness (QED) is 0.404. The zero-order valence-electron chi connectivity index (χ0n) is 19.1. The first kappa shape index (κ1) is 25.1. The number of carboxylic acids is 1. The standard InChI is InChI=1S/C26H26N2O7/c1-27-25(31)35-23-15-20(12-13-22(23)33-16-18-8-4-2-5-9-18)14-21(24(29)30)28-26(32)34-17-19-10-6-3-7-11-19/h2-13,15,21H,14,16-17H2,1H3,(H,27,31)(H,28,32)(H,29,30)/t21-/m0/s1. The van der Waals surface area contributed by atoms with Gasteiger partial charge in [0.1, 0.15) is 19.3 Å². The van der Waals surface area contributed by atoms with Crippen LogP contribution in [0.3, 0.4) is 0 Å². The molecule has 182 valence electrons. The molecule has 35 heavy (non-hydrogen) atoms. The van der Waals surface area contributed by atoms with E-state index < -0.39 is 24.2 Å². The maximum Gasteiger partial charge on any atom is 0.412 e. The minimum atomic E-state index is -1.26. The van der Waals surface area contributed by atoms with Crippen molar-refractivity contribution < 1.29 is 33.7 Å². The van der Waals surface area contributed by atoms with Crippen LogP contribution in [-0.4, -0.2) is 36.4 Å². The van der Waals surface area contributed by atoms with Crippen LogP contribution in [0.2, 0.25) is 0 Å². The van der Waals surface area contributed by atoms with Crippen molar-refractivity contribution in [3.63, 3.8) is 0 Å². The number of amides is 2. The number of aliphatic carboxylic acids is 1. The molecule has 0 fully saturated rings. The fourth-order valence-electron chi connectivity index (χ4n) is 3.11. The average Bonchev–Trinajstić information content (AvgIpc) is 2.87. The minimum absolute atomic E-state index is 0.0105. The summed E-state index contributed by atoms with van der Waals surface area (Å²) in [5.41, 5.74) is 2.20. The van der Waals surface area contributed by atoms with Gasteiger partial charge in [0.25, 0.3) is 0 Å². The van der Waals surface area contributed by atoms with E-state index in [9.17, 15) is 19.5 Å². The Morgan fingerprint density at radius 3 is 2.03 bits per heavy atom. The molecule has 3 aromatic rings. The Balaban J connectivity index is 1.68. The van der Waals surface area contributed by atoms with Crippen molar-refractivity contribution in [1.29, 1.82) is 0 Å². The molecule has 0 aliphatic carbocycles. The van der Waals surface area contributed by atoms with Crippen LogP contribution in [0.25, 0.3) is 0 Å². The lowest BCUT2D eigenvalue weighted by atomic mass is 10.1. The van der Waals surface area contributed by atoms with E-state index in [-0.39, 0.29) is 25.4 Å². The van der Waals surface area contributed by atoms with Crippen molar-refractivity contribution in [2.45, 2.75) is 25.7 Å². The second-order valence-corrected chi connectivity index (χ2v) is 7.50. The number of hydrogen-bond acceptors (Lipinski definition) is 6. The van der Waals surface area contributed by atoms with Crippen LogP contribution >= 0.6 is 0 Å². The van der Waals surface area contributed by atoms with Gasteiger partial charge in [0.05, 0.1) is 0 Å². The van der Waals surface area contributed by atoms with Crippen molar-refractivity contribution >= 4 is 18.2 Å². The van der Waals surface area contributed by atoms with Crippen molar-refractivity contribution in [2.24, 2.45) is 0 Å².